The van der Waals surface area contributed by atoms with Gasteiger partial charge >= 0.3 is 0 Å². The summed E-state index contributed by atoms with van der Waals surface area (Å²) < 4.78 is 37.9. The third kappa shape index (κ3) is 4.39. The third-order valence-electron chi connectivity index (χ3n) is 5.32. The number of piperazine rings is 1. The van der Waals surface area contributed by atoms with Gasteiger partial charge in [-0.15, -0.1) is 0 Å². The Morgan fingerprint density at radius 1 is 1.06 bits per heavy atom. The molecule has 164 valence electrons. The number of methoxy groups -OCH3 is 1. The van der Waals surface area contributed by atoms with E-state index in [1.54, 1.807) is 24.3 Å². The predicted molar refractivity (Wildman–Crippen MR) is 118 cm³/mol. The van der Waals surface area contributed by atoms with Crippen molar-refractivity contribution >= 4 is 50.1 Å². The van der Waals surface area contributed by atoms with Crippen molar-refractivity contribution in [2.45, 2.75) is 11.3 Å². The van der Waals surface area contributed by atoms with Crippen molar-refractivity contribution in [3.63, 3.8) is 0 Å². The normalized spacial score (nSPS) is 15.4. The quantitative estimate of drug-likeness (QED) is 0.551. The average molecular weight is 483 g/mol. The van der Waals surface area contributed by atoms with E-state index in [0.29, 0.717) is 29.4 Å². The van der Waals surface area contributed by atoms with E-state index >= 15 is 0 Å². The lowest BCUT2D eigenvalue weighted by atomic mass is 10.1. The Morgan fingerprint density at radius 3 is 2.48 bits per heavy atom. The van der Waals surface area contributed by atoms with Crippen LogP contribution in [-0.4, -0.2) is 56.8 Å². The van der Waals surface area contributed by atoms with E-state index in [1.165, 1.54) is 22.5 Å². The molecule has 1 aromatic heterocycles. The monoisotopic (exact) mass is 482 g/mol. The number of ether oxygens (including phenoxy) is 1. The maximum absolute atomic E-state index is 12.9. The summed E-state index contributed by atoms with van der Waals surface area (Å²) in [7, 11) is -2.13. The van der Waals surface area contributed by atoms with Crippen LogP contribution in [0.1, 0.15) is 5.56 Å². The Morgan fingerprint density at radius 2 is 1.81 bits per heavy atom. The van der Waals surface area contributed by atoms with Crippen LogP contribution in [0.3, 0.4) is 0 Å². The molecule has 3 aromatic rings. The van der Waals surface area contributed by atoms with Gasteiger partial charge in [-0.3, -0.25) is 4.79 Å². The molecule has 7 nitrogen and oxygen atoms in total. The lowest BCUT2D eigenvalue weighted by Crippen LogP contribution is -2.50. The van der Waals surface area contributed by atoms with E-state index in [4.69, 9.17) is 32.4 Å². The van der Waals surface area contributed by atoms with E-state index in [0.717, 1.165) is 10.9 Å². The predicted octanol–water partition coefficient (Wildman–Crippen LogP) is 3.82. The molecule has 0 spiro atoms. The molecular formula is C21H20Cl2N2O5S. The highest BCUT2D eigenvalue weighted by atomic mass is 35.5. The summed E-state index contributed by atoms with van der Waals surface area (Å²) in [4.78, 5) is 14.6. The van der Waals surface area contributed by atoms with Crippen molar-refractivity contribution < 1.29 is 22.4 Å². The largest absolute Gasteiger partial charge is 0.497 e. The molecular weight excluding hydrogens is 463 g/mol. The number of carbonyl (C=O) groups excluding carboxylic acids is 1. The number of halogens is 2. The first-order chi connectivity index (χ1) is 14.8. The van der Waals surface area contributed by atoms with Crippen LogP contribution in [0, 0.1) is 0 Å². The Bertz CT molecular complexity index is 1230. The summed E-state index contributed by atoms with van der Waals surface area (Å²) in [5, 5.41) is 1.33. The van der Waals surface area contributed by atoms with E-state index in [9.17, 15) is 13.2 Å². The fraction of sp³-hybridized carbons (Fsp3) is 0.286. The number of hydrogen-bond acceptors (Lipinski definition) is 5. The van der Waals surface area contributed by atoms with Crippen molar-refractivity contribution in [3.8, 4) is 5.75 Å². The number of amides is 1. The Labute approximate surface area is 190 Å². The smallest absolute Gasteiger partial charge is 0.243 e. The highest BCUT2D eigenvalue weighted by Crippen LogP contribution is 2.28. The summed E-state index contributed by atoms with van der Waals surface area (Å²) in [5.74, 6) is 0.601. The van der Waals surface area contributed by atoms with Crippen LogP contribution in [0.15, 0.2) is 52.0 Å². The van der Waals surface area contributed by atoms with Crippen molar-refractivity contribution in [2.75, 3.05) is 33.3 Å². The summed E-state index contributed by atoms with van der Waals surface area (Å²) >= 11 is 11.8. The molecule has 2 heterocycles. The zero-order valence-corrected chi connectivity index (χ0v) is 19.0. The van der Waals surface area contributed by atoms with E-state index in [2.05, 4.69) is 0 Å². The molecule has 0 aliphatic carbocycles. The lowest BCUT2D eigenvalue weighted by molar-refractivity contribution is -0.131. The highest BCUT2D eigenvalue weighted by Gasteiger charge is 2.30. The minimum absolute atomic E-state index is 0.0786. The number of furan rings is 1. The summed E-state index contributed by atoms with van der Waals surface area (Å²) in [6, 6.07) is 9.69. The van der Waals surface area contributed by atoms with Crippen LogP contribution >= 0.6 is 23.2 Å². The number of fused-ring (bicyclic) bond motifs is 1. The first-order valence-corrected chi connectivity index (χ1v) is 11.8. The number of rotatable bonds is 5. The third-order valence-corrected chi connectivity index (χ3v) is 7.96. The van der Waals surface area contributed by atoms with Gasteiger partial charge in [-0.2, -0.15) is 4.31 Å². The van der Waals surface area contributed by atoms with Crippen LogP contribution in [-0.2, 0) is 21.2 Å². The van der Waals surface area contributed by atoms with Crippen molar-refractivity contribution in [3.05, 3.63) is 58.3 Å². The number of carbonyl (C=O) groups is 1. The van der Waals surface area contributed by atoms with Gasteiger partial charge < -0.3 is 14.1 Å². The van der Waals surface area contributed by atoms with Crippen molar-refractivity contribution in [2.24, 2.45) is 0 Å². The molecule has 10 heteroatoms. The van der Waals surface area contributed by atoms with E-state index in [1.807, 2.05) is 12.1 Å². The molecule has 1 fully saturated rings. The van der Waals surface area contributed by atoms with Gasteiger partial charge in [0.15, 0.2) is 0 Å². The molecule has 0 N–H and O–H groups in total. The minimum atomic E-state index is -3.71. The van der Waals surface area contributed by atoms with Crippen molar-refractivity contribution in [1.29, 1.82) is 0 Å². The maximum atomic E-state index is 12.9. The van der Waals surface area contributed by atoms with E-state index in [-0.39, 0.29) is 35.3 Å². The van der Waals surface area contributed by atoms with E-state index < -0.39 is 10.0 Å². The van der Waals surface area contributed by atoms with Crippen LogP contribution in [0.2, 0.25) is 10.0 Å². The first kappa shape index (κ1) is 22.0. The fourth-order valence-corrected chi connectivity index (χ4v) is 5.38. The maximum Gasteiger partial charge on any atom is 0.243 e. The molecule has 1 amide bonds. The Hall–Kier alpha value is -2.26. The van der Waals surface area contributed by atoms with Gasteiger partial charge in [-0.25, -0.2) is 8.42 Å². The highest BCUT2D eigenvalue weighted by molar-refractivity contribution is 7.89. The molecule has 1 aliphatic rings. The number of sulfonamides is 1. The second-order valence-corrected chi connectivity index (χ2v) is 9.91. The number of hydrogen-bond donors (Lipinski definition) is 0. The lowest BCUT2D eigenvalue weighted by Gasteiger charge is -2.34. The SMILES string of the molecule is COc1ccc2c(CC(=O)N3CCN(S(=O)(=O)c4ccc(Cl)c(Cl)c4)CC3)coc2c1. The first-order valence-electron chi connectivity index (χ1n) is 9.56. The Kier molecular flexibility index (Phi) is 6.16. The molecule has 1 aliphatic heterocycles. The second kappa shape index (κ2) is 8.70. The van der Waals surface area contributed by atoms with Crippen LogP contribution in [0.25, 0.3) is 11.0 Å². The van der Waals surface area contributed by atoms with Gasteiger partial charge in [0.25, 0.3) is 0 Å². The van der Waals surface area contributed by atoms with Gasteiger partial charge in [0.05, 0.1) is 34.7 Å². The fourth-order valence-electron chi connectivity index (χ4n) is 3.57. The van der Waals surface area contributed by atoms with Gasteiger partial charge in [-0.1, -0.05) is 23.2 Å². The van der Waals surface area contributed by atoms with Crippen LogP contribution in [0.4, 0.5) is 0 Å². The van der Waals surface area contributed by atoms with Gasteiger partial charge in [0.1, 0.15) is 11.3 Å². The zero-order valence-electron chi connectivity index (χ0n) is 16.7. The van der Waals surface area contributed by atoms with Gasteiger partial charge in [0.2, 0.25) is 15.9 Å². The zero-order chi connectivity index (χ0) is 22.2. The van der Waals surface area contributed by atoms with Gasteiger partial charge in [-0.05, 0) is 30.3 Å². The summed E-state index contributed by atoms with van der Waals surface area (Å²) in [6.45, 7) is 1.03. The standard InChI is InChI=1S/C21H20Cl2N2O5S/c1-29-15-2-4-17-14(13-30-20(17)11-15)10-21(26)24-6-8-25(9-7-24)31(27,28)16-3-5-18(22)19(23)12-16/h2-5,11-13H,6-10H2,1H3. The van der Waals surface area contributed by atoms with Crippen LogP contribution in [0.5, 0.6) is 5.75 Å². The van der Waals surface area contributed by atoms with Crippen molar-refractivity contribution in [1.82, 2.24) is 9.21 Å². The summed E-state index contributed by atoms with van der Waals surface area (Å²) in [5.41, 5.74) is 1.44. The second-order valence-electron chi connectivity index (χ2n) is 7.16. The molecule has 1 saturated heterocycles. The van der Waals surface area contributed by atoms with Gasteiger partial charge in [0, 0.05) is 43.2 Å². The molecule has 0 unspecified atom stereocenters. The topological polar surface area (TPSA) is 80.1 Å². The van der Waals surface area contributed by atoms with Crippen LogP contribution < -0.4 is 4.74 Å². The number of benzene rings is 2. The minimum Gasteiger partial charge on any atom is -0.497 e. The average Bonchev–Trinajstić information content (AvgIpc) is 3.17. The molecule has 4 rings (SSSR count). The molecule has 2 aromatic carbocycles. The molecule has 31 heavy (non-hydrogen) atoms. The summed E-state index contributed by atoms with van der Waals surface area (Å²) in [6.07, 6.45) is 1.76. The number of nitrogens with zero attached hydrogens (tertiary/aromatic N) is 2. The molecule has 0 atom stereocenters. The molecule has 0 saturated carbocycles. The molecule has 0 radical (unpaired) electrons. The Balaban J connectivity index is 1.41. The molecule has 0 bridgehead atoms.